The van der Waals surface area contributed by atoms with Gasteiger partial charge in [-0.25, -0.2) is 0 Å². The quantitative estimate of drug-likeness (QED) is 0.601. The Morgan fingerprint density at radius 3 is 3.00 bits per heavy atom. The molecule has 1 atom stereocenters. The Kier molecular flexibility index (Phi) is 2.83. The average molecular weight is 167 g/mol. The molecule has 0 saturated heterocycles. The molecule has 0 aromatic carbocycles. The summed E-state index contributed by atoms with van der Waals surface area (Å²) in [6, 6.07) is 0.428. The van der Waals surface area contributed by atoms with Gasteiger partial charge in [0.1, 0.15) is 0 Å². The predicted molar refractivity (Wildman–Crippen MR) is 52.7 cm³/mol. The second-order valence-electron chi connectivity index (χ2n) is 2.83. The summed E-state index contributed by atoms with van der Waals surface area (Å²) < 4.78 is 0. The zero-order valence-corrected chi connectivity index (χ0v) is 7.74. The van der Waals surface area contributed by atoms with Crippen LogP contribution >= 0.6 is 12.2 Å². The van der Waals surface area contributed by atoms with Crippen molar-refractivity contribution in [2.45, 2.75) is 26.3 Å². The van der Waals surface area contributed by atoms with E-state index >= 15 is 0 Å². The summed E-state index contributed by atoms with van der Waals surface area (Å²) >= 11 is 4.97. The molecule has 1 N–H and O–H groups in total. The lowest BCUT2D eigenvalue weighted by atomic mass is 10.0. The normalized spacial score (nSPS) is 22.7. The molecule has 0 bridgehead atoms. The second-order valence-corrected chi connectivity index (χ2v) is 3.44. The van der Waals surface area contributed by atoms with Gasteiger partial charge in [-0.1, -0.05) is 36.0 Å². The van der Waals surface area contributed by atoms with Crippen LogP contribution in [0.1, 0.15) is 20.3 Å². The van der Waals surface area contributed by atoms with Crippen LogP contribution in [0.4, 0.5) is 0 Å². The molecular formula is C9H13NS. The first kappa shape index (κ1) is 8.47. The third-order valence-electron chi connectivity index (χ3n) is 1.79. The molecule has 60 valence electrons. The fourth-order valence-electron chi connectivity index (χ4n) is 1.15. The first-order valence-electron chi connectivity index (χ1n) is 3.80. The lowest BCUT2D eigenvalue weighted by Gasteiger charge is -2.20. The third kappa shape index (κ3) is 2.46. The van der Waals surface area contributed by atoms with Crippen molar-refractivity contribution >= 4 is 17.2 Å². The Morgan fingerprint density at radius 2 is 2.45 bits per heavy atom. The highest BCUT2D eigenvalue weighted by Gasteiger charge is 2.09. The smallest absolute Gasteiger partial charge is 0.0726 e. The van der Waals surface area contributed by atoms with Crippen LogP contribution in [0.15, 0.2) is 23.8 Å². The number of rotatable bonds is 1. The molecule has 0 aromatic rings. The van der Waals surface area contributed by atoms with E-state index in [0.717, 1.165) is 11.4 Å². The maximum absolute atomic E-state index is 4.97. The summed E-state index contributed by atoms with van der Waals surface area (Å²) in [5.41, 5.74) is 1.36. The van der Waals surface area contributed by atoms with Gasteiger partial charge in [0.25, 0.3) is 0 Å². The largest absolute Gasteiger partial charge is 0.373 e. The molecule has 0 fully saturated rings. The fourth-order valence-corrected chi connectivity index (χ4v) is 1.30. The monoisotopic (exact) mass is 167 g/mol. The molecule has 1 aliphatic rings. The van der Waals surface area contributed by atoms with E-state index in [4.69, 9.17) is 12.2 Å². The van der Waals surface area contributed by atoms with E-state index in [1.807, 2.05) is 6.92 Å². The minimum absolute atomic E-state index is 0.428. The average Bonchev–Trinajstić information content (AvgIpc) is 1.93. The summed E-state index contributed by atoms with van der Waals surface area (Å²) in [5.74, 6) is 0. The van der Waals surface area contributed by atoms with E-state index in [2.05, 4.69) is 30.5 Å². The van der Waals surface area contributed by atoms with E-state index in [1.165, 1.54) is 5.57 Å². The summed E-state index contributed by atoms with van der Waals surface area (Å²) in [4.78, 5) is 0.873. The number of allylic oxidation sites excluding steroid dienone is 2. The molecule has 2 heteroatoms. The molecule has 1 aliphatic carbocycles. The van der Waals surface area contributed by atoms with Crippen molar-refractivity contribution in [3.63, 3.8) is 0 Å². The number of thiocarbonyl (C=S) groups is 1. The van der Waals surface area contributed by atoms with Crippen LogP contribution in [0.25, 0.3) is 0 Å². The van der Waals surface area contributed by atoms with E-state index in [-0.39, 0.29) is 0 Å². The van der Waals surface area contributed by atoms with Crippen molar-refractivity contribution in [1.29, 1.82) is 0 Å². The first-order chi connectivity index (χ1) is 5.20. The Morgan fingerprint density at radius 1 is 1.73 bits per heavy atom. The van der Waals surface area contributed by atoms with Crippen LogP contribution in [0.3, 0.4) is 0 Å². The van der Waals surface area contributed by atoms with Crippen molar-refractivity contribution in [1.82, 2.24) is 5.32 Å². The van der Waals surface area contributed by atoms with Gasteiger partial charge < -0.3 is 5.32 Å². The standard InChI is InChI=1S/C9H13NS/c1-7-5-3-4-6-9(7)10-8(2)11/h3-5,9H,6H2,1-2H3,(H,10,11). The molecule has 0 saturated carbocycles. The SMILES string of the molecule is CC(=S)NC1CC=CC=C1C. The van der Waals surface area contributed by atoms with Gasteiger partial charge in [-0.2, -0.15) is 0 Å². The zero-order valence-electron chi connectivity index (χ0n) is 6.92. The molecule has 1 nitrogen and oxygen atoms in total. The molecule has 1 rings (SSSR count). The van der Waals surface area contributed by atoms with E-state index in [0.29, 0.717) is 6.04 Å². The van der Waals surface area contributed by atoms with Gasteiger partial charge in [0.05, 0.1) is 11.0 Å². The highest BCUT2D eigenvalue weighted by Crippen LogP contribution is 2.11. The van der Waals surface area contributed by atoms with Gasteiger partial charge in [-0.05, 0) is 20.3 Å². The van der Waals surface area contributed by atoms with Crippen LogP contribution in [0.2, 0.25) is 0 Å². The van der Waals surface area contributed by atoms with Gasteiger partial charge in [-0.3, -0.25) is 0 Å². The highest BCUT2D eigenvalue weighted by atomic mass is 32.1. The second kappa shape index (κ2) is 3.67. The maximum Gasteiger partial charge on any atom is 0.0726 e. The van der Waals surface area contributed by atoms with E-state index < -0.39 is 0 Å². The van der Waals surface area contributed by atoms with Crippen LogP contribution < -0.4 is 5.32 Å². The number of nitrogens with one attached hydrogen (secondary N) is 1. The number of hydrogen-bond donors (Lipinski definition) is 1. The Balaban J connectivity index is 2.54. The summed E-state index contributed by atoms with van der Waals surface area (Å²) in [6.45, 7) is 4.04. The van der Waals surface area contributed by atoms with Gasteiger partial charge in [0.15, 0.2) is 0 Å². The van der Waals surface area contributed by atoms with Crippen molar-refractivity contribution in [3.05, 3.63) is 23.8 Å². The van der Waals surface area contributed by atoms with Gasteiger partial charge in [0.2, 0.25) is 0 Å². The van der Waals surface area contributed by atoms with Gasteiger partial charge in [-0.15, -0.1) is 0 Å². The summed E-state index contributed by atoms with van der Waals surface area (Å²) in [5, 5.41) is 3.24. The van der Waals surface area contributed by atoms with E-state index in [9.17, 15) is 0 Å². The molecule has 0 amide bonds. The molecule has 11 heavy (non-hydrogen) atoms. The molecule has 0 heterocycles. The van der Waals surface area contributed by atoms with Crippen LogP contribution in [-0.2, 0) is 0 Å². The Hall–Kier alpha value is -0.630. The highest BCUT2D eigenvalue weighted by molar-refractivity contribution is 7.80. The van der Waals surface area contributed by atoms with Crippen molar-refractivity contribution < 1.29 is 0 Å². The van der Waals surface area contributed by atoms with Crippen molar-refractivity contribution in [3.8, 4) is 0 Å². The molecule has 1 unspecified atom stereocenters. The van der Waals surface area contributed by atoms with Gasteiger partial charge >= 0.3 is 0 Å². The number of hydrogen-bond acceptors (Lipinski definition) is 1. The van der Waals surface area contributed by atoms with Gasteiger partial charge in [0, 0.05) is 0 Å². The maximum atomic E-state index is 4.97. The topological polar surface area (TPSA) is 12.0 Å². The van der Waals surface area contributed by atoms with Crippen LogP contribution in [0.5, 0.6) is 0 Å². The molecule has 0 aromatic heterocycles. The van der Waals surface area contributed by atoms with Crippen LogP contribution in [-0.4, -0.2) is 11.0 Å². The van der Waals surface area contributed by atoms with Crippen molar-refractivity contribution in [2.24, 2.45) is 0 Å². The Labute approximate surface area is 73.2 Å². The third-order valence-corrected chi connectivity index (χ3v) is 1.91. The minimum Gasteiger partial charge on any atom is -0.373 e. The molecular weight excluding hydrogens is 154 g/mol. The molecule has 0 radical (unpaired) electrons. The predicted octanol–water partition coefficient (Wildman–Crippen LogP) is 2.20. The summed E-state index contributed by atoms with van der Waals surface area (Å²) in [7, 11) is 0. The Bertz CT molecular complexity index is 216. The minimum atomic E-state index is 0.428. The lowest BCUT2D eigenvalue weighted by molar-refractivity contribution is 0.697. The van der Waals surface area contributed by atoms with Crippen LogP contribution in [0, 0.1) is 0 Å². The molecule has 0 aliphatic heterocycles. The molecule has 0 spiro atoms. The lowest BCUT2D eigenvalue weighted by Crippen LogP contribution is -2.33. The zero-order chi connectivity index (χ0) is 8.27. The van der Waals surface area contributed by atoms with E-state index in [1.54, 1.807) is 0 Å². The first-order valence-corrected chi connectivity index (χ1v) is 4.21. The van der Waals surface area contributed by atoms with Crippen molar-refractivity contribution in [2.75, 3.05) is 0 Å². The fraction of sp³-hybridized carbons (Fsp3) is 0.444. The summed E-state index contributed by atoms with van der Waals surface area (Å²) in [6.07, 6.45) is 7.42.